The van der Waals surface area contributed by atoms with Crippen LogP contribution >= 0.6 is 0 Å². The number of benzene rings is 1. The summed E-state index contributed by atoms with van der Waals surface area (Å²) in [6.07, 6.45) is 3.52. The van der Waals surface area contributed by atoms with E-state index in [1.165, 1.54) is 6.33 Å². The molecule has 0 atom stereocenters. The normalized spacial score (nSPS) is 10.3. The van der Waals surface area contributed by atoms with Crippen molar-refractivity contribution in [2.45, 2.75) is 26.7 Å². The fraction of sp³-hybridized carbons (Fsp3) is 0.368. The summed E-state index contributed by atoms with van der Waals surface area (Å²) in [6, 6.07) is 8.19. The molecule has 0 bridgehead atoms. The summed E-state index contributed by atoms with van der Waals surface area (Å²) in [7, 11) is 1.94. The van der Waals surface area contributed by atoms with E-state index in [0.29, 0.717) is 23.7 Å². The minimum absolute atomic E-state index is 0.285. The second kappa shape index (κ2) is 9.50. The smallest absolute Gasteiger partial charge is 0.338 e. The van der Waals surface area contributed by atoms with Crippen molar-refractivity contribution in [3.05, 3.63) is 47.9 Å². The van der Waals surface area contributed by atoms with Gasteiger partial charge < -0.3 is 15.0 Å². The van der Waals surface area contributed by atoms with Crippen molar-refractivity contribution >= 4 is 23.4 Å². The Bertz CT molecular complexity index is 747. The summed E-state index contributed by atoms with van der Waals surface area (Å²) >= 11 is 0. The van der Waals surface area contributed by atoms with Crippen LogP contribution in [-0.2, 0) is 4.74 Å². The highest BCUT2D eigenvalue weighted by molar-refractivity contribution is 6.03. The molecule has 7 nitrogen and oxygen atoms in total. The van der Waals surface area contributed by atoms with Gasteiger partial charge in [-0.15, -0.1) is 0 Å². The fourth-order valence-electron chi connectivity index (χ4n) is 2.29. The van der Waals surface area contributed by atoms with Crippen molar-refractivity contribution in [3.63, 3.8) is 0 Å². The van der Waals surface area contributed by atoms with Crippen LogP contribution in [0.15, 0.2) is 36.7 Å². The van der Waals surface area contributed by atoms with Crippen molar-refractivity contribution in [1.29, 1.82) is 0 Å². The average Bonchev–Trinajstić information content (AvgIpc) is 2.67. The Morgan fingerprint density at radius 2 is 1.88 bits per heavy atom. The highest BCUT2D eigenvalue weighted by atomic mass is 16.5. The molecule has 1 aromatic carbocycles. The molecule has 0 fully saturated rings. The van der Waals surface area contributed by atoms with Crippen LogP contribution in [0.1, 0.15) is 47.5 Å². The van der Waals surface area contributed by atoms with Crippen LogP contribution in [0.2, 0.25) is 0 Å². The third kappa shape index (κ3) is 5.27. The van der Waals surface area contributed by atoms with Gasteiger partial charge >= 0.3 is 5.97 Å². The van der Waals surface area contributed by atoms with Gasteiger partial charge in [0.25, 0.3) is 5.91 Å². The van der Waals surface area contributed by atoms with Crippen LogP contribution < -0.4 is 10.2 Å². The zero-order chi connectivity index (χ0) is 18.9. The summed E-state index contributed by atoms with van der Waals surface area (Å²) < 4.78 is 4.93. The highest BCUT2D eigenvalue weighted by Crippen LogP contribution is 2.14. The van der Waals surface area contributed by atoms with E-state index in [1.54, 1.807) is 37.3 Å². The highest BCUT2D eigenvalue weighted by Gasteiger charge is 2.12. The minimum atomic E-state index is -0.388. The first-order valence-electron chi connectivity index (χ1n) is 8.66. The third-order valence-corrected chi connectivity index (χ3v) is 3.78. The van der Waals surface area contributed by atoms with Gasteiger partial charge in [-0.1, -0.05) is 13.3 Å². The maximum atomic E-state index is 12.4. The molecule has 0 radical (unpaired) electrons. The Hall–Kier alpha value is -2.96. The topological polar surface area (TPSA) is 84.4 Å². The van der Waals surface area contributed by atoms with Gasteiger partial charge in [-0.25, -0.2) is 14.8 Å². The van der Waals surface area contributed by atoms with E-state index in [4.69, 9.17) is 4.74 Å². The number of aromatic nitrogens is 2. The monoisotopic (exact) mass is 356 g/mol. The number of ether oxygens (including phenoxy) is 1. The molecule has 0 aliphatic carbocycles. The molecule has 0 aliphatic rings. The first-order valence-corrected chi connectivity index (χ1v) is 8.66. The van der Waals surface area contributed by atoms with Gasteiger partial charge in [0.1, 0.15) is 17.8 Å². The SMILES string of the molecule is CCCCN(C)c1cc(C(=O)Nc2ccc(C(=O)OCC)cc2)ncn1. The van der Waals surface area contributed by atoms with Crippen molar-refractivity contribution in [2.75, 3.05) is 30.4 Å². The molecular formula is C19H24N4O3. The maximum absolute atomic E-state index is 12.4. The molecule has 1 amide bonds. The van der Waals surface area contributed by atoms with Crippen molar-refractivity contribution < 1.29 is 14.3 Å². The largest absolute Gasteiger partial charge is 0.462 e. The van der Waals surface area contributed by atoms with Crippen LogP contribution in [0.3, 0.4) is 0 Å². The standard InChI is InChI=1S/C19H24N4O3/c1-4-6-11-23(3)17-12-16(20-13-21-17)18(24)22-15-9-7-14(8-10-15)19(25)26-5-2/h7-10,12-13H,4-6,11H2,1-3H3,(H,22,24). The average molecular weight is 356 g/mol. The second-order valence-corrected chi connectivity index (χ2v) is 5.79. The van der Waals surface area contributed by atoms with Crippen LogP contribution in [0.4, 0.5) is 11.5 Å². The van der Waals surface area contributed by atoms with Gasteiger partial charge in [0.15, 0.2) is 0 Å². The van der Waals surface area contributed by atoms with Gasteiger partial charge in [0.2, 0.25) is 0 Å². The molecule has 26 heavy (non-hydrogen) atoms. The maximum Gasteiger partial charge on any atom is 0.338 e. The first kappa shape index (κ1) is 19.4. The fourth-order valence-corrected chi connectivity index (χ4v) is 2.29. The van der Waals surface area contributed by atoms with Gasteiger partial charge in [-0.05, 0) is 37.6 Å². The lowest BCUT2D eigenvalue weighted by molar-refractivity contribution is 0.0526. The summed E-state index contributed by atoms with van der Waals surface area (Å²) in [5, 5.41) is 2.77. The van der Waals surface area contributed by atoms with Gasteiger partial charge in [-0.2, -0.15) is 0 Å². The van der Waals surface area contributed by atoms with Gasteiger partial charge in [0.05, 0.1) is 12.2 Å². The Morgan fingerprint density at radius 1 is 1.15 bits per heavy atom. The molecule has 2 rings (SSSR count). The summed E-state index contributed by atoms with van der Waals surface area (Å²) in [5.74, 6) is -0.0152. The van der Waals surface area contributed by atoms with Crippen molar-refractivity contribution in [2.24, 2.45) is 0 Å². The van der Waals surface area contributed by atoms with E-state index in [2.05, 4.69) is 22.2 Å². The number of carbonyl (C=O) groups excluding carboxylic acids is 2. The quantitative estimate of drug-likeness (QED) is 0.732. The number of carbonyl (C=O) groups is 2. The molecule has 0 saturated heterocycles. The molecule has 138 valence electrons. The number of hydrogen-bond acceptors (Lipinski definition) is 6. The van der Waals surface area contributed by atoms with E-state index in [-0.39, 0.29) is 17.6 Å². The predicted octanol–water partition coefficient (Wildman–Crippen LogP) is 3.14. The molecule has 2 aromatic rings. The number of hydrogen-bond donors (Lipinski definition) is 1. The number of rotatable bonds is 8. The number of amides is 1. The summed E-state index contributed by atoms with van der Waals surface area (Å²) in [5.41, 5.74) is 1.29. The first-order chi connectivity index (χ1) is 12.5. The summed E-state index contributed by atoms with van der Waals surface area (Å²) in [4.78, 5) is 34.3. The van der Waals surface area contributed by atoms with E-state index >= 15 is 0 Å². The zero-order valence-corrected chi connectivity index (χ0v) is 15.4. The second-order valence-electron chi connectivity index (χ2n) is 5.79. The minimum Gasteiger partial charge on any atom is -0.462 e. The molecule has 1 N–H and O–H groups in total. The van der Waals surface area contributed by atoms with Crippen molar-refractivity contribution in [3.8, 4) is 0 Å². The number of anilines is 2. The molecule has 1 heterocycles. The summed E-state index contributed by atoms with van der Waals surface area (Å²) in [6.45, 7) is 5.06. The lowest BCUT2D eigenvalue weighted by Crippen LogP contribution is -2.21. The van der Waals surface area contributed by atoms with E-state index in [1.807, 2.05) is 11.9 Å². The Kier molecular flexibility index (Phi) is 7.08. The molecule has 0 aliphatic heterocycles. The molecule has 1 aromatic heterocycles. The Labute approximate surface area is 153 Å². The number of nitrogens with zero attached hydrogens (tertiary/aromatic N) is 3. The van der Waals surface area contributed by atoms with Crippen LogP contribution in [0.25, 0.3) is 0 Å². The molecule has 0 saturated carbocycles. The molecule has 7 heteroatoms. The lowest BCUT2D eigenvalue weighted by atomic mass is 10.2. The van der Waals surface area contributed by atoms with Crippen LogP contribution in [0.5, 0.6) is 0 Å². The van der Waals surface area contributed by atoms with Crippen molar-refractivity contribution in [1.82, 2.24) is 9.97 Å². The number of esters is 1. The third-order valence-electron chi connectivity index (χ3n) is 3.78. The molecular weight excluding hydrogens is 332 g/mol. The predicted molar refractivity (Wildman–Crippen MR) is 101 cm³/mol. The molecule has 0 unspecified atom stereocenters. The Balaban J connectivity index is 2.04. The number of unbranched alkanes of at least 4 members (excludes halogenated alkanes) is 1. The van der Waals surface area contributed by atoms with Crippen LogP contribution in [-0.4, -0.2) is 42.0 Å². The zero-order valence-electron chi connectivity index (χ0n) is 15.4. The lowest BCUT2D eigenvalue weighted by Gasteiger charge is -2.17. The molecule has 0 spiro atoms. The van der Waals surface area contributed by atoms with Gasteiger partial charge in [-0.3, -0.25) is 4.79 Å². The van der Waals surface area contributed by atoms with E-state index in [9.17, 15) is 9.59 Å². The van der Waals surface area contributed by atoms with E-state index < -0.39 is 0 Å². The van der Waals surface area contributed by atoms with Crippen LogP contribution in [0, 0.1) is 0 Å². The van der Waals surface area contributed by atoms with E-state index in [0.717, 1.165) is 19.4 Å². The Morgan fingerprint density at radius 3 is 2.54 bits per heavy atom. The number of nitrogens with one attached hydrogen (secondary N) is 1. The van der Waals surface area contributed by atoms with Gasteiger partial charge in [0, 0.05) is 25.3 Å².